The fraction of sp³-hybridized carbons (Fsp3) is 0.385. The van der Waals surface area contributed by atoms with E-state index in [1.165, 1.54) is 0 Å². The van der Waals surface area contributed by atoms with Gasteiger partial charge in [0.2, 0.25) is 0 Å². The lowest BCUT2D eigenvalue weighted by Crippen LogP contribution is -2.20. The van der Waals surface area contributed by atoms with Crippen LogP contribution in [0.15, 0.2) is 29.3 Å². The molecule has 0 fully saturated rings. The molecule has 1 unspecified atom stereocenters. The van der Waals surface area contributed by atoms with Gasteiger partial charge in [0.05, 0.1) is 0 Å². The normalized spacial score (nSPS) is 13.2. The maximum atomic E-state index is 11.0. The molecule has 1 rings (SSSR count). The average molecular weight is 254 g/mol. The van der Waals surface area contributed by atoms with Crippen molar-refractivity contribution in [3.05, 3.63) is 34.9 Å². The Kier molecular flexibility index (Phi) is 5.16. The van der Waals surface area contributed by atoms with Crippen molar-refractivity contribution >= 4 is 23.8 Å². The van der Waals surface area contributed by atoms with Crippen molar-refractivity contribution in [2.24, 2.45) is 10.9 Å². The highest BCUT2D eigenvalue weighted by molar-refractivity contribution is 6.30. The van der Waals surface area contributed by atoms with Gasteiger partial charge in [-0.3, -0.25) is 4.99 Å². The second-order valence-electron chi connectivity index (χ2n) is 4.31. The smallest absolute Gasteiger partial charge is 0.328 e. The third kappa shape index (κ3) is 5.00. The van der Waals surface area contributed by atoms with Gasteiger partial charge in [-0.15, -0.1) is 0 Å². The lowest BCUT2D eigenvalue weighted by Gasteiger charge is -2.09. The number of halogens is 1. The molecule has 0 saturated carbocycles. The van der Waals surface area contributed by atoms with Gasteiger partial charge < -0.3 is 5.11 Å². The van der Waals surface area contributed by atoms with Crippen molar-refractivity contribution in [2.45, 2.75) is 26.3 Å². The van der Waals surface area contributed by atoms with Crippen LogP contribution in [0.3, 0.4) is 0 Å². The van der Waals surface area contributed by atoms with Crippen LogP contribution in [0.1, 0.15) is 25.8 Å². The summed E-state index contributed by atoms with van der Waals surface area (Å²) in [5.41, 5.74) is 0.851. The highest BCUT2D eigenvalue weighted by Crippen LogP contribution is 2.10. The SMILES string of the molecule is CC(C)CC(N=Cc1ccc(Cl)cc1)C(=O)O. The van der Waals surface area contributed by atoms with Gasteiger partial charge in [0, 0.05) is 11.2 Å². The third-order valence-corrected chi connectivity index (χ3v) is 2.51. The maximum Gasteiger partial charge on any atom is 0.328 e. The quantitative estimate of drug-likeness (QED) is 0.819. The minimum absolute atomic E-state index is 0.304. The first kappa shape index (κ1) is 13.7. The summed E-state index contributed by atoms with van der Waals surface area (Å²) in [4.78, 5) is 15.1. The second kappa shape index (κ2) is 6.40. The Bertz CT molecular complexity index is 398. The van der Waals surface area contributed by atoms with Crippen molar-refractivity contribution in [3.8, 4) is 0 Å². The largest absolute Gasteiger partial charge is 0.480 e. The molecule has 0 bridgehead atoms. The zero-order valence-electron chi connectivity index (χ0n) is 9.93. The number of carbonyl (C=O) groups is 1. The summed E-state index contributed by atoms with van der Waals surface area (Å²) < 4.78 is 0. The first-order valence-corrected chi connectivity index (χ1v) is 5.88. The van der Waals surface area contributed by atoms with Crippen LogP contribution < -0.4 is 0 Å². The topological polar surface area (TPSA) is 49.7 Å². The van der Waals surface area contributed by atoms with Crippen molar-refractivity contribution in [1.82, 2.24) is 0 Å². The van der Waals surface area contributed by atoms with Crippen LogP contribution in [-0.4, -0.2) is 23.3 Å². The molecule has 0 saturated heterocycles. The average Bonchev–Trinajstić information content (AvgIpc) is 2.25. The van der Waals surface area contributed by atoms with Gasteiger partial charge in [-0.25, -0.2) is 4.79 Å². The predicted octanol–water partition coefficient (Wildman–Crippen LogP) is 3.26. The first-order chi connectivity index (χ1) is 7.99. The molecule has 92 valence electrons. The van der Waals surface area contributed by atoms with Gasteiger partial charge in [0.15, 0.2) is 0 Å². The monoisotopic (exact) mass is 253 g/mol. The summed E-state index contributed by atoms with van der Waals surface area (Å²) in [6.45, 7) is 3.96. The molecular formula is C13H16ClNO2. The van der Waals surface area contributed by atoms with E-state index >= 15 is 0 Å². The number of nitrogens with zero attached hydrogens (tertiary/aromatic N) is 1. The van der Waals surface area contributed by atoms with Gasteiger partial charge in [-0.05, 0) is 30.0 Å². The standard InChI is InChI=1S/C13H16ClNO2/c1-9(2)7-12(13(16)17)15-8-10-3-5-11(14)6-4-10/h3-6,8-9,12H,7H2,1-2H3,(H,16,17). The van der Waals surface area contributed by atoms with Gasteiger partial charge in [0.25, 0.3) is 0 Å². The van der Waals surface area contributed by atoms with E-state index in [2.05, 4.69) is 4.99 Å². The number of carboxylic acid groups (broad SMARTS) is 1. The van der Waals surface area contributed by atoms with E-state index in [4.69, 9.17) is 16.7 Å². The second-order valence-corrected chi connectivity index (χ2v) is 4.75. The fourth-order valence-corrected chi connectivity index (χ4v) is 1.52. The Labute approximate surface area is 106 Å². The summed E-state index contributed by atoms with van der Waals surface area (Å²) in [7, 11) is 0. The Balaban J connectivity index is 2.72. The molecule has 0 spiro atoms. The van der Waals surface area contributed by atoms with E-state index in [0.29, 0.717) is 17.4 Å². The predicted molar refractivity (Wildman–Crippen MR) is 69.9 cm³/mol. The van der Waals surface area contributed by atoms with Crippen LogP contribution in [0, 0.1) is 5.92 Å². The highest BCUT2D eigenvalue weighted by Gasteiger charge is 2.16. The Morgan fingerprint density at radius 1 is 1.41 bits per heavy atom. The molecule has 4 heteroatoms. The first-order valence-electron chi connectivity index (χ1n) is 5.50. The third-order valence-electron chi connectivity index (χ3n) is 2.25. The summed E-state index contributed by atoms with van der Waals surface area (Å²) >= 11 is 5.76. The molecule has 1 aromatic carbocycles. The van der Waals surface area contributed by atoms with E-state index in [-0.39, 0.29) is 0 Å². The van der Waals surface area contributed by atoms with Crippen LogP contribution >= 0.6 is 11.6 Å². The lowest BCUT2D eigenvalue weighted by atomic mass is 10.0. The zero-order valence-corrected chi connectivity index (χ0v) is 10.7. The van der Waals surface area contributed by atoms with E-state index in [9.17, 15) is 4.79 Å². The molecule has 0 heterocycles. The number of carboxylic acids is 1. The minimum Gasteiger partial charge on any atom is -0.480 e. The molecule has 0 aliphatic heterocycles. The summed E-state index contributed by atoms with van der Waals surface area (Å²) in [6, 6.07) is 6.44. The minimum atomic E-state index is -0.885. The van der Waals surface area contributed by atoms with E-state index in [0.717, 1.165) is 5.56 Å². The molecular weight excluding hydrogens is 238 g/mol. The van der Waals surface area contributed by atoms with Crippen LogP contribution in [0.2, 0.25) is 5.02 Å². The lowest BCUT2D eigenvalue weighted by molar-refractivity contribution is -0.138. The molecule has 1 N–H and O–H groups in total. The van der Waals surface area contributed by atoms with Crippen LogP contribution in [0.5, 0.6) is 0 Å². The molecule has 0 amide bonds. The molecule has 3 nitrogen and oxygen atoms in total. The molecule has 0 aromatic heterocycles. The molecule has 1 atom stereocenters. The Morgan fingerprint density at radius 2 is 2.00 bits per heavy atom. The highest BCUT2D eigenvalue weighted by atomic mass is 35.5. The van der Waals surface area contributed by atoms with Crippen LogP contribution in [-0.2, 0) is 4.79 Å². The fourth-order valence-electron chi connectivity index (χ4n) is 1.40. The van der Waals surface area contributed by atoms with E-state index < -0.39 is 12.0 Å². The van der Waals surface area contributed by atoms with Crippen molar-refractivity contribution < 1.29 is 9.90 Å². The number of rotatable bonds is 5. The van der Waals surface area contributed by atoms with Crippen molar-refractivity contribution in [1.29, 1.82) is 0 Å². The van der Waals surface area contributed by atoms with Gasteiger partial charge in [-0.1, -0.05) is 37.6 Å². The molecule has 1 aromatic rings. The number of hydrogen-bond donors (Lipinski definition) is 1. The molecule has 0 aliphatic carbocycles. The molecule has 17 heavy (non-hydrogen) atoms. The van der Waals surface area contributed by atoms with Gasteiger partial charge in [0.1, 0.15) is 6.04 Å². The van der Waals surface area contributed by atoms with Gasteiger partial charge in [-0.2, -0.15) is 0 Å². The molecule has 0 radical (unpaired) electrons. The van der Waals surface area contributed by atoms with Gasteiger partial charge >= 0.3 is 5.97 Å². The number of hydrogen-bond acceptors (Lipinski definition) is 2. The zero-order chi connectivity index (χ0) is 12.8. The van der Waals surface area contributed by atoms with Crippen LogP contribution in [0.4, 0.5) is 0 Å². The number of benzene rings is 1. The van der Waals surface area contributed by atoms with Crippen LogP contribution in [0.25, 0.3) is 0 Å². The van der Waals surface area contributed by atoms with E-state index in [1.807, 2.05) is 13.8 Å². The Morgan fingerprint density at radius 3 is 2.47 bits per heavy atom. The Hall–Kier alpha value is -1.35. The van der Waals surface area contributed by atoms with Crippen molar-refractivity contribution in [2.75, 3.05) is 0 Å². The van der Waals surface area contributed by atoms with E-state index in [1.54, 1.807) is 30.5 Å². The summed E-state index contributed by atoms with van der Waals surface area (Å²) in [6.07, 6.45) is 2.12. The summed E-state index contributed by atoms with van der Waals surface area (Å²) in [5, 5.41) is 9.66. The number of aliphatic imine (C=N–C) groups is 1. The molecule has 0 aliphatic rings. The maximum absolute atomic E-state index is 11.0. The number of aliphatic carboxylic acids is 1. The van der Waals surface area contributed by atoms with Crippen molar-refractivity contribution in [3.63, 3.8) is 0 Å². The summed E-state index contributed by atoms with van der Waals surface area (Å²) in [5.74, 6) is -0.581.